The molecule has 27 heavy (non-hydrogen) atoms. The summed E-state index contributed by atoms with van der Waals surface area (Å²) in [4.78, 5) is 29.3. The first kappa shape index (κ1) is 19.0. The Morgan fingerprint density at radius 1 is 0.889 bits per heavy atom. The number of amides is 2. The average Bonchev–Trinajstić information content (AvgIpc) is 2.99. The fourth-order valence-corrected chi connectivity index (χ4v) is 3.38. The molecule has 0 aliphatic carbocycles. The molecule has 3 rings (SSSR count). The van der Waals surface area contributed by atoms with Gasteiger partial charge in [-0.05, 0) is 42.7 Å². The van der Waals surface area contributed by atoms with E-state index in [0.717, 1.165) is 12.8 Å². The molecule has 2 aromatic carbocycles. The van der Waals surface area contributed by atoms with E-state index in [1.54, 1.807) is 19.2 Å². The summed E-state index contributed by atoms with van der Waals surface area (Å²) in [5.41, 5.74) is 2.49. The summed E-state index contributed by atoms with van der Waals surface area (Å²) in [6.45, 7) is 4.45. The Morgan fingerprint density at radius 3 is 2.15 bits per heavy atom. The summed E-state index contributed by atoms with van der Waals surface area (Å²) in [5.74, 6) is 0.564. The van der Waals surface area contributed by atoms with Crippen LogP contribution in [0, 0.1) is 0 Å². The molecule has 0 atom stereocenters. The monoisotopic (exact) mass is 366 g/mol. The molecule has 5 heteroatoms. The molecule has 0 spiro atoms. The van der Waals surface area contributed by atoms with Crippen molar-refractivity contribution >= 4 is 11.8 Å². The highest BCUT2D eigenvalue weighted by Gasteiger charge is 2.24. The van der Waals surface area contributed by atoms with E-state index in [0.29, 0.717) is 43.1 Å². The number of benzene rings is 2. The summed E-state index contributed by atoms with van der Waals surface area (Å²) in [7, 11) is 1.57. The molecule has 2 aromatic rings. The lowest BCUT2D eigenvalue weighted by Crippen LogP contribution is -2.37. The summed E-state index contributed by atoms with van der Waals surface area (Å²) < 4.78 is 5.31. The molecule has 2 amide bonds. The number of carbonyl (C=O) groups is 2. The smallest absolute Gasteiger partial charge is 0.257 e. The predicted molar refractivity (Wildman–Crippen MR) is 105 cm³/mol. The maximum absolute atomic E-state index is 12.9. The first-order valence-corrected chi connectivity index (χ1v) is 9.44. The maximum atomic E-state index is 12.9. The SMILES string of the molecule is CCc1ccc(C(=O)N2CCCN(C(=O)c3ccccc3OC)CC2)cc1. The van der Waals surface area contributed by atoms with Crippen LogP contribution >= 0.6 is 0 Å². The molecule has 0 bridgehead atoms. The largest absolute Gasteiger partial charge is 0.496 e. The van der Waals surface area contributed by atoms with E-state index in [1.807, 2.05) is 46.2 Å². The van der Waals surface area contributed by atoms with E-state index in [-0.39, 0.29) is 11.8 Å². The van der Waals surface area contributed by atoms with Gasteiger partial charge in [-0.2, -0.15) is 0 Å². The zero-order valence-electron chi connectivity index (χ0n) is 16.0. The number of aryl methyl sites for hydroxylation is 1. The van der Waals surface area contributed by atoms with Crippen molar-refractivity contribution in [2.45, 2.75) is 19.8 Å². The van der Waals surface area contributed by atoms with E-state index in [2.05, 4.69) is 6.92 Å². The Bertz CT molecular complexity index is 801. The van der Waals surface area contributed by atoms with Crippen LogP contribution in [0.5, 0.6) is 5.75 Å². The molecule has 0 N–H and O–H groups in total. The second kappa shape index (κ2) is 8.71. The number of para-hydroxylation sites is 1. The van der Waals surface area contributed by atoms with Crippen LogP contribution in [-0.2, 0) is 6.42 Å². The van der Waals surface area contributed by atoms with Gasteiger partial charge < -0.3 is 14.5 Å². The summed E-state index contributed by atoms with van der Waals surface area (Å²) in [6, 6.07) is 15.1. The number of hydrogen-bond acceptors (Lipinski definition) is 3. The van der Waals surface area contributed by atoms with Crippen LogP contribution in [0.2, 0.25) is 0 Å². The fraction of sp³-hybridized carbons (Fsp3) is 0.364. The van der Waals surface area contributed by atoms with Gasteiger partial charge in [-0.25, -0.2) is 0 Å². The molecular weight excluding hydrogens is 340 g/mol. The van der Waals surface area contributed by atoms with Crippen molar-refractivity contribution in [3.8, 4) is 5.75 Å². The second-order valence-corrected chi connectivity index (χ2v) is 6.69. The fourth-order valence-electron chi connectivity index (χ4n) is 3.38. The van der Waals surface area contributed by atoms with Gasteiger partial charge in [-0.15, -0.1) is 0 Å². The van der Waals surface area contributed by atoms with Gasteiger partial charge >= 0.3 is 0 Å². The molecule has 1 saturated heterocycles. The minimum Gasteiger partial charge on any atom is -0.496 e. The van der Waals surface area contributed by atoms with Gasteiger partial charge in [0.15, 0.2) is 0 Å². The van der Waals surface area contributed by atoms with Crippen molar-refractivity contribution in [3.05, 3.63) is 65.2 Å². The third-order valence-corrected chi connectivity index (χ3v) is 5.02. The lowest BCUT2D eigenvalue weighted by molar-refractivity contribution is 0.0717. The number of hydrogen-bond donors (Lipinski definition) is 0. The summed E-state index contributed by atoms with van der Waals surface area (Å²) in [5, 5.41) is 0. The number of ether oxygens (including phenoxy) is 1. The van der Waals surface area contributed by atoms with Crippen molar-refractivity contribution in [2.75, 3.05) is 33.3 Å². The molecule has 1 aliphatic rings. The summed E-state index contributed by atoms with van der Waals surface area (Å²) in [6.07, 6.45) is 1.72. The Hall–Kier alpha value is -2.82. The van der Waals surface area contributed by atoms with E-state index in [1.165, 1.54) is 5.56 Å². The van der Waals surface area contributed by atoms with Crippen LogP contribution in [0.3, 0.4) is 0 Å². The van der Waals surface area contributed by atoms with Crippen LogP contribution < -0.4 is 4.74 Å². The zero-order chi connectivity index (χ0) is 19.2. The van der Waals surface area contributed by atoms with Crippen molar-refractivity contribution in [1.29, 1.82) is 0 Å². The standard InChI is InChI=1S/C22H26N2O3/c1-3-17-9-11-18(12-10-17)21(25)23-13-6-14-24(16-15-23)22(26)19-7-4-5-8-20(19)27-2/h4-5,7-12H,3,6,13-16H2,1-2H3. The first-order valence-electron chi connectivity index (χ1n) is 9.44. The summed E-state index contributed by atoms with van der Waals surface area (Å²) >= 11 is 0. The van der Waals surface area contributed by atoms with Crippen LogP contribution in [-0.4, -0.2) is 54.9 Å². The Labute approximate surface area is 160 Å². The van der Waals surface area contributed by atoms with E-state index in [9.17, 15) is 9.59 Å². The number of methoxy groups -OCH3 is 1. The predicted octanol–water partition coefficient (Wildman–Crippen LogP) is 3.25. The number of rotatable bonds is 4. The van der Waals surface area contributed by atoms with Crippen molar-refractivity contribution < 1.29 is 14.3 Å². The minimum atomic E-state index is -0.0472. The van der Waals surface area contributed by atoms with Crippen LogP contribution in [0.4, 0.5) is 0 Å². The van der Waals surface area contributed by atoms with Crippen molar-refractivity contribution in [1.82, 2.24) is 9.80 Å². The van der Waals surface area contributed by atoms with Gasteiger partial charge in [0.2, 0.25) is 0 Å². The van der Waals surface area contributed by atoms with Gasteiger partial charge in [0.1, 0.15) is 5.75 Å². The lowest BCUT2D eigenvalue weighted by Gasteiger charge is -2.23. The van der Waals surface area contributed by atoms with Gasteiger partial charge in [0.05, 0.1) is 12.7 Å². The van der Waals surface area contributed by atoms with Crippen molar-refractivity contribution in [2.24, 2.45) is 0 Å². The normalized spacial score (nSPS) is 14.6. The molecule has 0 unspecified atom stereocenters. The molecule has 0 saturated carbocycles. The number of carbonyl (C=O) groups excluding carboxylic acids is 2. The van der Waals surface area contributed by atoms with Gasteiger partial charge in [-0.3, -0.25) is 9.59 Å². The second-order valence-electron chi connectivity index (χ2n) is 6.69. The third-order valence-electron chi connectivity index (χ3n) is 5.02. The molecule has 5 nitrogen and oxygen atoms in total. The van der Waals surface area contributed by atoms with E-state index in [4.69, 9.17) is 4.74 Å². The highest BCUT2D eigenvalue weighted by atomic mass is 16.5. The lowest BCUT2D eigenvalue weighted by atomic mass is 10.1. The highest BCUT2D eigenvalue weighted by Crippen LogP contribution is 2.20. The molecule has 142 valence electrons. The molecular formula is C22H26N2O3. The zero-order valence-corrected chi connectivity index (χ0v) is 16.0. The third kappa shape index (κ3) is 4.30. The molecule has 1 heterocycles. The van der Waals surface area contributed by atoms with Crippen LogP contribution in [0.25, 0.3) is 0 Å². The average molecular weight is 366 g/mol. The number of nitrogens with zero attached hydrogens (tertiary/aromatic N) is 2. The van der Waals surface area contributed by atoms with E-state index < -0.39 is 0 Å². The highest BCUT2D eigenvalue weighted by molar-refractivity contribution is 5.97. The topological polar surface area (TPSA) is 49.9 Å². The van der Waals surface area contributed by atoms with Gasteiger partial charge in [0.25, 0.3) is 11.8 Å². The van der Waals surface area contributed by atoms with Crippen LogP contribution in [0.15, 0.2) is 48.5 Å². The minimum absolute atomic E-state index is 0.0317. The Balaban J connectivity index is 1.67. The first-order chi connectivity index (χ1) is 13.1. The molecule has 0 radical (unpaired) electrons. The Morgan fingerprint density at radius 2 is 1.52 bits per heavy atom. The van der Waals surface area contributed by atoms with Crippen molar-refractivity contribution in [3.63, 3.8) is 0 Å². The van der Waals surface area contributed by atoms with Gasteiger partial charge in [0, 0.05) is 31.7 Å². The molecule has 1 aliphatic heterocycles. The quantitative estimate of drug-likeness (QED) is 0.835. The van der Waals surface area contributed by atoms with E-state index >= 15 is 0 Å². The maximum Gasteiger partial charge on any atom is 0.257 e. The van der Waals surface area contributed by atoms with Crippen LogP contribution in [0.1, 0.15) is 39.6 Å². The Kier molecular flexibility index (Phi) is 6.12. The molecule has 0 aromatic heterocycles. The van der Waals surface area contributed by atoms with Gasteiger partial charge in [-0.1, -0.05) is 31.2 Å². The molecule has 1 fully saturated rings.